The molecule has 106 valence electrons. The summed E-state index contributed by atoms with van der Waals surface area (Å²) in [5, 5.41) is 0. The Labute approximate surface area is 125 Å². The summed E-state index contributed by atoms with van der Waals surface area (Å²) < 4.78 is 7.87. The number of imidazole rings is 1. The molecular weight excluding hydrogens is 322 g/mol. The SMILES string of the molecule is COC(=O)[C@@H]1CCCN1Cc1cn2cc(Br)ccc2n1. The monoisotopic (exact) mass is 337 g/mol. The lowest BCUT2D eigenvalue weighted by molar-refractivity contribution is -0.146. The van der Waals surface area contributed by atoms with Crippen LogP contribution in [0.1, 0.15) is 18.5 Å². The fourth-order valence-corrected chi connectivity index (χ4v) is 3.07. The Morgan fingerprint density at radius 2 is 2.35 bits per heavy atom. The summed E-state index contributed by atoms with van der Waals surface area (Å²) in [7, 11) is 1.45. The molecule has 3 rings (SSSR count). The zero-order valence-electron chi connectivity index (χ0n) is 11.3. The fourth-order valence-electron chi connectivity index (χ4n) is 2.72. The minimum absolute atomic E-state index is 0.128. The van der Waals surface area contributed by atoms with Crippen molar-refractivity contribution >= 4 is 27.5 Å². The number of halogens is 1. The molecule has 5 nitrogen and oxygen atoms in total. The van der Waals surface area contributed by atoms with Gasteiger partial charge in [-0.2, -0.15) is 0 Å². The maximum absolute atomic E-state index is 11.7. The quantitative estimate of drug-likeness (QED) is 0.806. The van der Waals surface area contributed by atoms with Gasteiger partial charge in [-0.1, -0.05) is 0 Å². The van der Waals surface area contributed by atoms with E-state index in [1.807, 2.05) is 28.9 Å². The highest BCUT2D eigenvalue weighted by Crippen LogP contribution is 2.21. The standard InChI is InChI=1S/C14H16BrN3O2/c1-20-14(19)12-3-2-6-17(12)8-11-9-18-7-10(15)4-5-13(18)16-11/h4-5,7,9,12H,2-3,6,8H2,1H3/t12-/m0/s1. The molecule has 0 amide bonds. The number of rotatable bonds is 3. The van der Waals surface area contributed by atoms with E-state index < -0.39 is 0 Å². The fraction of sp³-hybridized carbons (Fsp3) is 0.429. The second-order valence-electron chi connectivity index (χ2n) is 5.00. The van der Waals surface area contributed by atoms with Gasteiger partial charge in [0.15, 0.2) is 0 Å². The molecule has 0 spiro atoms. The smallest absolute Gasteiger partial charge is 0.323 e. The number of pyridine rings is 1. The average molecular weight is 338 g/mol. The lowest BCUT2D eigenvalue weighted by Gasteiger charge is -2.20. The number of ether oxygens (including phenoxy) is 1. The first kappa shape index (κ1) is 13.6. The molecule has 3 heterocycles. The molecule has 2 aromatic heterocycles. The van der Waals surface area contributed by atoms with E-state index >= 15 is 0 Å². The normalized spacial score (nSPS) is 19.6. The first-order chi connectivity index (χ1) is 9.67. The largest absolute Gasteiger partial charge is 0.468 e. The predicted molar refractivity (Wildman–Crippen MR) is 78.3 cm³/mol. The molecule has 1 atom stereocenters. The van der Waals surface area contributed by atoms with Gasteiger partial charge in [0.1, 0.15) is 11.7 Å². The van der Waals surface area contributed by atoms with Crippen molar-refractivity contribution in [1.29, 1.82) is 0 Å². The van der Waals surface area contributed by atoms with Gasteiger partial charge in [0.05, 0.1) is 12.8 Å². The Bertz CT molecular complexity index is 640. The molecule has 0 radical (unpaired) electrons. The molecule has 6 heteroatoms. The van der Waals surface area contributed by atoms with Crippen LogP contribution in [0.4, 0.5) is 0 Å². The molecule has 0 bridgehead atoms. The molecule has 1 fully saturated rings. The maximum atomic E-state index is 11.7. The highest BCUT2D eigenvalue weighted by molar-refractivity contribution is 9.10. The van der Waals surface area contributed by atoms with Gasteiger partial charge in [-0.25, -0.2) is 4.98 Å². The molecule has 0 aliphatic carbocycles. The van der Waals surface area contributed by atoms with E-state index in [2.05, 4.69) is 25.8 Å². The highest BCUT2D eigenvalue weighted by Gasteiger charge is 2.31. The van der Waals surface area contributed by atoms with Gasteiger partial charge in [0.2, 0.25) is 0 Å². The van der Waals surface area contributed by atoms with Crippen molar-refractivity contribution in [1.82, 2.24) is 14.3 Å². The van der Waals surface area contributed by atoms with Crippen LogP contribution in [0.5, 0.6) is 0 Å². The Balaban J connectivity index is 1.80. The molecular formula is C14H16BrN3O2. The summed E-state index contributed by atoms with van der Waals surface area (Å²) in [5.74, 6) is -0.144. The van der Waals surface area contributed by atoms with E-state index in [-0.39, 0.29) is 12.0 Å². The number of hydrogen-bond acceptors (Lipinski definition) is 4. The lowest BCUT2D eigenvalue weighted by Crippen LogP contribution is -2.36. The van der Waals surface area contributed by atoms with E-state index in [4.69, 9.17) is 4.74 Å². The molecule has 1 aliphatic rings. The topological polar surface area (TPSA) is 46.8 Å². The van der Waals surface area contributed by atoms with Gasteiger partial charge in [-0.05, 0) is 47.4 Å². The summed E-state index contributed by atoms with van der Waals surface area (Å²) in [4.78, 5) is 18.5. The predicted octanol–water partition coefficient (Wildman–Crippen LogP) is 2.23. The summed E-state index contributed by atoms with van der Waals surface area (Å²) in [5.41, 5.74) is 1.89. The number of carbonyl (C=O) groups excluding carboxylic acids is 1. The van der Waals surface area contributed by atoms with Crippen molar-refractivity contribution in [3.63, 3.8) is 0 Å². The molecule has 0 N–H and O–H groups in total. The van der Waals surface area contributed by atoms with E-state index in [1.165, 1.54) is 7.11 Å². The second-order valence-corrected chi connectivity index (χ2v) is 5.91. The number of likely N-dealkylation sites (tertiary alicyclic amines) is 1. The number of methoxy groups -OCH3 is 1. The van der Waals surface area contributed by atoms with Crippen molar-refractivity contribution in [3.8, 4) is 0 Å². The van der Waals surface area contributed by atoms with Crippen LogP contribution in [-0.4, -0.2) is 40.0 Å². The molecule has 0 unspecified atom stereocenters. The third-order valence-corrected chi connectivity index (χ3v) is 4.14. The van der Waals surface area contributed by atoms with Crippen molar-refractivity contribution < 1.29 is 9.53 Å². The van der Waals surface area contributed by atoms with Gasteiger partial charge in [0, 0.05) is 23.4 Å². The number of fused-ring (bicyclic) bond motifs is 1. The van der Waals surface area contributed by atoms with E-state index in [0.29, 0.717) is 6.54 Å². The lowest BCUT2D eigenvalue weighted by atomic mass is 10.2. The summed E-state index contributed by atoms with van der Waals surface area (Å²) in [6, 6.07) is 3.81. The summed E-state index contributed by atoms with van der Waals surface area (Å²) in [6.45, 7) is 1.59. The number of esters is 1. The van der Waals surface area contributed by atoms with Gasteiger partial charge in [-0.3, -0.25) is 9.69 Å². The van der Waals surface area contributed by atoms with E-state index in [0.717, 1.165) is 35.2 Å². The van der Waals surface area contributed by atoms with Gasteiger partial charge in [0.25, 0.3) is 0 Å². The zero-order valence-corrected chi connectivity index (χ0v) is 12.8. The van der Waals surface area contributed by atoms with Crippen LogP contribution in [-0.2, 0) is 16.1 Å². The molecule has 0 aromatic carbocycles. The Morgan fingerprint density at radius 3 is 3.15 bits per heavy atom. The zero-order chi connectivity index (χ0) is 14.1. The van der Waals surface area contributed by atoms with Crippen LogP contribution in [0.15, 0.2) is 29.0 Å². The van der Waals surface area contributed by atoms with Gasteiger partial charge >= 0.3 is 5.97 Å². The number of carbonyl (C=O) groups is 1. The van der Waals surface area contributed by atoms with Crippen LogP contribution in [0.2, 0.25) is 0 Å². The molecule has 20 heavy (non-hydrogen) atoms. The first-order valence-electron chi connectivity index (χ1n) is 6.62. The van der Waals surface area contributed by atoms with Crippen LogP contribution < -0.4 is 0 Å². The third-order valence-electron chi connectivity index (χ3n) is 3.67. The van der Waals surface area contributed by atoms with Crippen LogP contribution in [0, 0.1) is 0 Å². The third kappa shape index (κ3) is 2.58. The van der Waals surface area contributed by atoms with E-state index in [1.54, 1.807) is 0 Å². The maximum Gasteiger partial charge on any atom is 0.323 e. The van der Waals surface area contributed by atoms with Crippen molar-refractivity contribution in [2.24, 2.45) is 0 Å². The Morgan fingerprint density at radius 1 is 1.50 bits per heavy atom. The molecule has 2 aromatic rings. The van der Waals surface area contributed by atoms with Crippen LogP contribution in [0.3, 0.4) is 0 Å². The molecule has 0 saturated carbocycles. The summed E-state index contributed by atoms with van der Waals surface area (Å²) in [6.07, 6.45) is 5.88. The van der Waals surface area contributed by atoms with Crippen LogP contribution >= 0.6 is 15.9 Å². The average Bonchev–Trinajstić information content (AvgIpc) is 3.04. The molecule has 1 aliphatic heterocycles. The minimum atomic E-state index is -0.144. The van der Waals surface area contributed by atoms with Crippen molar-refractivity contribution in [3.05, 3.63) is 34.7 Å². The molecule has 1 saturated heterocycles. The number of aromatic nitrogens is 2. The first-order valence-corrected chi connectivity index (χ1v) is 7.41. The number of hydrogen-bond donors (Lipinski definition) is 0. The van der Waals surface area contributed by atoms with Crippen molar-refractivity contribution in [2.45, 2.75) is 25.4 Å². The van der Waals surface area contributed by atoms with Gasteiger partial charge < -0.3 is 9.14 Å². The minimum Gasteiger partial charge on any atom is -0.468 e. The summed E-state index contributed by atoms with van der Waals surface area (Å²) >= 11 is 3.45. The second kappa shape index (κ2) is 5.54. The highest BCUT2D eigenvalue weighted by atomic mass is 79.9. The van der Waals surface area contributed by atoms with E-state index in [9.17, 15) is 4.79 Å². The Kier molecular flexibility index (Phi) is 3.76. The van der Waals surface area contributed by atoms with Gasteiger partial charge in [-0.15, -0.1) is 0 Å². The number of nitrogens with zero attached hydrogens (tertiary/aromatic N) is 3. The van der Waals surface area contributed by atoms with Crippen LogP contribution in [0.25, 0.3) is 5.65 Å². The van der Waals surface area contributed by atoms with Crippen molar-refractivity contribution in [2.75, 3.05) is 13.7 Å². The Hall–Kier alpha value is -1.40.